The first-order valence-corrected chi connectivity index (χ1v) is 7.43. The van der Waals surface area contributed by atoms with E-state index in [1.54, 1.807) is 6.07 Å². The summed E-state index contributed by atoms with van der Waals surface area (Å²) in [6.07, 6.45) is -3.73. The molecule has 2 N–H and O–H groups in total. The predicted molar refractivity (Wildman–Crippen MR) is 76.8 cm³/mol. The van der Waals surface area contributed by atoms with Crippen LogP contribution in [0.4, 0.5) is 13.2 Å². The van der Waals surface area contributed by atoms with Crippen LogP contribution < -0.4 is 5.32 Å². The number of nitrogens with one attached hydrogen (secondary N) is 1. The van der Waals surface area contributed by atoms with Crippen LogP contribution in [0.1, 0.15) is 37.2 Å². The normalized spacial score (nSPS) is 22.6. The van der Waals surface area contributed by atoms with E-state index in [-0.39, 0.29) is 5.56 Å². The summed E-state index contributed by atoms with van der Waals surface area (Å²) in [6.45, 7) is 0. The van der Waals surface area contributed by atoms with Crippen molar-refractivity contribution < 1.29 is 27.9 Å². The molecule has 2 rings (SSSR count). The van der Waals surface area contributed by atoms with Crippen LogP contribution in [-0.2, 0) is 9.59 Å². The molecule has 1 aromatic rings. The Morgan fingerprint density at radius 3 is 2.43 bits per heavy atom. The second-order valence-corrected chi connectivity index (χ2v) is 5.76. The van der Waals surface area contributed by atoms with Gasteiger partial charge in [0.05, 0.1) is 11.8 Å². The zero-order chi connectivity index (χ0) is 17.0. The first-order valence-electron chi connectivity index (χ1n) is 7.43. The quantitative estimate of drug-likeness (QED) is 0.872. The Kier molecular flexibility index (Phi) is 5.28. The minimum atomic E-state index is -4.54. The van der Waals surface area contributed by atoms with Gasteiger partial charge in [-0.3, -0.25) is 9.59 Å². The van der Waals surface area contributed by atoms with Gasteiger partial charge in [-0.15, -0.1) is 0 Å². The van der Waals surface area contributed by atoms with E-state index in [0.717, 1.165) is 0 Å². The van der Waals surface area contributed by atoms with Gasteiger partial charge in [-0.1, -0.05) is 36.8 Å². The number of carboxylic acid groups (broad SMARTS) is 1. The third-order valence-electron chi connectivity index (χ3n) is 4.17. The molecule has 1 aromatic carbocycles. The van der Waals surface area contributed by atoms with Crippen molar-refractivity contribution in [3.05, 3.63) is 35.9 Å². The number of hydrogen-bond acceptors (Lipinski definition) is 2. The van der Waals surface area contributed by atoms with Crippen molar-refractivity contribution in [2.45, 2.75) is 43.8 Å². The summed E-state index contributed by atoms with van der Waals surface area (Å²) in [7, 11) is 0. The molecular weight excluding hydrogens is 311 g/mol. The van der Waals surface area contributed by atoms with E-state index in [1.807, 2.05) is 0 Å². The lowest BCUT2D eigenvalue weighted by Gasteiger charge is -2.23. The summed E-state index contributed by atoms with van der Waals surface area (Å²) < 4.78 is 39.6. The smallest absolute Gasteiger partial charge is 0.396 e. The molecule has 1 unspecified atom stereocenters. The maximum Gasteiger partial charge on any atom is 0.396 e. The Bertz CT molecular complexity index is 559. The Hall–Kier alpha value is -2.05. The van der Waals surface area contributed by atoms with Crippen LogP contribution in [0.3, 0.4) is 0 Å². The molecule has 23 heavy (non-hydrogen) atoms. The first-order chi connectivity index (χ1) is 10.8. The minimum absolute atomic E-state index is 0.0244. The van der Waals surface area contributed by atoms with Crippen molar-refractivity contribution in [1.82, 2.24) is 5.32 Å². The van der Waals surface area contributed by atoms with E-state index < -0.39 is 42.4 Å². The molecule has 0 bridgehead atoms. The van der Waals surface area contributed by atoms with Crippen molar-refractivity contribution in [2.75, 3.05) is 0 Å². The highest BCUT2D eigenvalue weighted by atomic mass is 19.4. The van der Waals surface area contributed by atoms with Crippen LogP contribution >= 0.6 is 0 Å². The van der Waals surface area contributed by atoms with Gasteiger partial charge in [-0.2, -0.15) is 13.2 Å². The molecule has 1 aliphatic rings. The van der Waals surface area contributed by atoms with Gasteiger partial charge in [-0.05, 0) is 18.4 Å². The molecular formula is C16H18F3NO3. The van der Waals surface area contributed by atoms with Gasteiger partial charge in [0.2, 0.25) is 5.91 Å². The number of benzene rings is 1. The van der Waals surface area contributed by atoms with Gasteiger partial charge in [0.25, 0.3) is 0 Å². The average molecular weight is 329 g/mol. The SMILES string of the molecule is O=C(CC(c1ccccc1)C(F)(F)F)N[C@H]1CCC[C@H]1C(=O)O. The molecule has 0 spiro atoms. The van der Waals surface area contributed by atoms with E-state index in [2.05, 4.69) is 5.32 Å². The number of amides is 1. The van der Waals surface area contributed by atoms with Crippen molar-refractivity contribution in [3.63, 3.8) is 0 Å². The third kappa shape index (κ3) is 4.46. The van der Waals surface area contributed by atoms with Crippen LogP contribution in [0, 0.1) is 5.92 Å². The molecule has 0 aromatic heterocycles. The standard InChI is InChI=1S/C16H18F3NO3/c17-16(18,19)12(10-5-2-1-3-6-10)9-14(21)20-13-8-4-7-11(13)15(22)23/h1-3,5-6,11-13H,4,7-9H2,(H,20,21)(H,22,23)/t11-,12?,13+/m1/s1. The molecule has 7 heteroatoms. The highest BCUT2D eigenvalue weighted by molar-refractivity contribution is 5.79. The number of rotatable bonds is 5. The van der Waals surface area contributed by atoms with E-state index >= 15 is 0 Å². The van der Waals surface area contributed by atoms with E-state index in [0.29, 0.717) is 19.3 Å². The summed E-state index contributed by atoms with van der Waals surface area (Å²) in [5, 5.41) is 11.5. The van der Waals surface area contributed by atoms with Crippen molar-refractivity contribution in [3.8, 4) is 0 Å². The Morgan fingerprint density at radius 1 is 1.22 bits per heavy atom. The first kappa shape index (κ1) is 17.3. The molecule has 3 atom stereocenters. The van der Waals surface area contributed by atoms with Gasteiger partial charge < -0.3 is 10.4 Å². The molecule has 0 aliphatic heterocycles. The fraction of sp³-hybridized carbons (Fsp3) is 0.500. The van der Waals surface area contributed by atoms with Crippen LogP contribution in [0.25, 0.3) is 0 Å². The lowest BCUT2D eigenvalue weighted by molar-refractivity contribution is -0.157. The molecule has 0 heterocycles. The molecule has 0 radical (unpaired) electrons. The van der Waals surface area contributed by atoms with Crippen molar-refractivity contribution in [2.24, 2.45) is 5.92 Å². The van der Waals surface area contributed by atoms with E-state index in [1.165, 1.54) is 24.3 Å². The number of alkyl halides is 3. The zero-order valence-electron chi connectivity index (χ0n) is 12.3. The second kappa shape index (κ2) is 7.02. The maximum atomic E-state index is 13.2. The monoisotopic (exact) mass is 329 g/mol. The predicted octanol–water partition coefficient (Wildman–Crippen LogP) is 3.09. The highest BCUT2D eigenvalue weighted by Gasteiger charge is 2.42. The highest BCUT2D eigenvalue weighted by Crippen LogP contribution is 2.37. The molecule has 1 aliphatic carbocycles. The molecule has 4 nitrogen and oxygen atoms in total. The summed E-state index contributed by atoms with van der Waals surface area (Å²) in [4.78, 5) is 23.1. The summed E-state index contributed by atoms with van der Waals surface area (Å²) >= 11 is 0. The number of hydrogen-bond donors (Lipinski definition) is 2. The van der Waals surface area contributed by atoms with Crippen LogP contribution in [0.2, 0.25) is 0 Å². The van der Waals surface area contributed by atoms with Crippen molar-refractivity contribution >= 4 is 11.9 Å². The fourth-order valence-corrected chi connectivity index (χ4v) is 2.99. The Labute approximate surface area is 131 Å². The largest absolute Gasteiger partial charge is 0.481 e. The van der Waals surface area contributed by atoms with E-state index in [4.69, 9.17) is 5.11 Å². The number of halogens is 3. The van der Waals surface area contributed by atoms with Crippen LogP contribution in [-0.4, -0.2) is 29.2 Å². The van der Waals surface area contributed by atoms with Gasteiger partial charge >= 0.3 is 12.1 Å². The molecule has 1 amide bonds. The fourth-order valence-electron chi connectivity index (χ4n) is 2.99. The lowest BCUT2D eigenvalue weighted by Crippen LogP contribution is -2.41. The number of carbonyl (C=O) groups excluding carboxylic acids is 1. The summed E-state index contributed by atoms with van der Waals surface area (Å²) in [6, 6.07) is 6.66. The minimum Gasteiger partial charge on any atom is -0.481 e. The average Bonchev–Trinajstić information content (AvgIpc) is 2.93. The van der Waals surface area contributed by atoms with Crippen molar-refractivity contribution in [1.29, 1.82) is 0 Å². The summed E-state index contributed by atoms with van der Waals surface area (Å²) in [5.41, 5.74) is 0.0244. The van der Waals surface area contributed by atoms with Gasteiger partial charge in [0.1, 0.15) is 0 Å². The summed E-state index contributed by atoms with van der Waals surface area (Å²) in [5.74, 6) is -4.41. The van der Waals surface area contributed by atoms with Gasteiger partial charge in [0, 0.05) is 12.5 Å². The number of carbonyl (C=O) groups is 2. The lowest BCUT2D eigenvalue weighted by atomic mass is 9.94. The third-order valence-corrected chi connectivity index (χ3v) is 4.17. The van der Waals surface area contributed by atoms with Gasteiger partial charge in [0.15, 0.2) is 0 Å². The topological polar surface area (TPSA) is 66.4 Å². The number of aliphatic carboxylic acids is 1. The molecule has 126 valence electrons. The Balaban J connectivity index is 2.05. The number of carboxylic acids is 1. The molecule has 1 saturated carbocycles. The van der Waals surface area contributed by atoms with Gasteiger partial charge in [-0.25, -0.2) is 0 Å². The second-order valence-electron chi connectivity index (χ2n) is 5.76. The zero-order valence-corrected chi connectivity index (χ0v) is 12.3. The molecule has 1 fully saturated rings. The Morgan fingerprint density at radius 2 is 1.87 bits per heavy atom. The van der Waals surface area contributed by atoms with Crippen LogP contribution in [0.15, 0.2) is 30.3 Å². The van der Waals surface area contributed by atoms with E-state index in [9.17, 15) is 22.8 Å². The maximum absolute atomic E-state index is 13.2. The molecule has 0 saturated heterocycles. The van der Waals surface area contributed by atoms with Crippen LogP contribution in [0.5, 0.6) is 0 Å².